The van der Waals surface area contributed by atoms with Crippen LogP contribution in [0.4, 0.5) is 5.69 Å². The Kier molecular flexibility index (Phi) is 3.91. The fourth-order valence-electron chi connectivity index (χ4n) is 1.50. The van der Waals surface area contributed by atoms with Gasteiger partial charge in [-0.1, -0.05) is 12.1 Å². The van der Waals surface area contributed by atoms with Crippen molar-refractivity contribution in [1.82, 2.24) is 9.97 Å². The van der Waals surface area contributed by atoms with E-state index in [9.17, 15) is 0 Å². The van der Waals surface area contributed by atoms with Crippen molar-refractivity contribution < 1.29 is 4.74 Å². The van der Waals surface area contributed by atoms with Crippen molar-refractivity contribution in [1.29, 1.82) is 0 Å². The van der Waals surface area contributed by atoms with Gasteiger partial charge in [-0.15, -0.1) is 0 Å². The number of para-hydroxylation sites is 2. The lowest BCUT2D eigenvalue weighted by molar-refractivity contribution is 0.341. The third-order valence-corrected chi connectivity index (χ3v) is 2.26. The Morgan fingerprint density at radius 1 is 1.24 bits per heavy atom. The molecule has 2 aromatic rings. The maximum Gasteiger partial charge on any atom is 0.142 e. The van der Waals surface area contributed by atoms with Gasteiger partial charge in [0.05, 0.1) is 30.7 Å². The third kappa shape index (κ3) is 3.17. The lowest BCUT2D eigenvalue weighted by atomic mass is 10.3. The van der Waals surface area contributed by atoms with Crippen LogP contribution in [0.5, 0.6) is 5.75 Å². The smallest absolute Gasteiger partial charge is 0.142 e. The van der Waals surface area contributed by atoms with Gasteiger partial charge in [-0.2, -0.15) is 0 Å². The fraction of sp³-hybridized carbons (Fsp3) is 0.231. The number of aromatic nitrogens is 2. The summed E-state index contributed by atoms with van der Waals surface area (Å²) < 4.78 is 5.53. The van der Waals surface area contributed by atoms with E-state index in [-0.39, 0.29) is 0 Å². The van der Waals surface area contributed by atoms with Crippen LogP contribution in [0.15, 0.2) is 42.9 Å². The molecule has 1 aromatic heterocycles. The predicted octanol–water partition coefficient (Wildman–Crippen LogP) is 2.49. The minimum absolute atomic E-state index is 0.637. The van der Waals surface area contributed by atoms with Crippen LogP contribution in [0.25, 0.3) is 0 Å². The van der Waals surface area contributed by atoms with E-state index in [2.05, 4.69) is 15.3 Å². The second-order valence-electron chi connectivity index (χ2n) is 3.48. The number of hydrogen-bond acceptors (Lipinski definition) is 4. The van der Waals surface area contributed by atoms with E-state index in [0.717, 1.165) is 17.1 Å². The molecule has 0 atom stereocenters. The highest BCUT2D eigenvalue weighted by Gasteiger charge is 2.01. The summed E-state index contributed by atoms with van der Waals surface area (Å²) in [5.74, 6) is 0.860. The third-order valence-electron chi connectivity index (χ3n) is 2.26. The summed E-state index contributed by atoms with van der Waals surface area (Å²) in [6, 6.07) is 7.86. The molecule has 1 N–H and O–H groups in total. The number of nitrogens with one attached hydrogen (secondary N) is 1. The number of hydrogen-bond donors (Lipinski definition) is 1. The van der Waals surface area contributed by atoms with Gasteiger partial charge < -0.3 is 10.1 Å². The Morgan fingerprint density at radius 3 is 2.88 bits per heavy atom. The number of rotatable bonds is 5. The zero-order chi connectivity index (χ0) is 11.9. The molecule has 0 aliphatic heterocycles. The SMILES string of the molecule is CCOc1ccccc1NCc1cnccn1. The van der Waals surface area contributed by atoms with Crippen LogP contribution < -0.4 is 10.1 Å². The van der Waals surface area contributed by atoms with Gasteiger partial charge in [0, 0.05) is 12.4 Å². The van der Waals surface area contributed by atoms with E-state index in [0.29, 0.717) is 13.2 Å². The van der Waals surface area contributed by atoms with E-state index >= 15 is 0 Å². The Bertz CT molecular complexity index is 459. The monoisotopic (exact) mass is 229 g/mol. The van der Waals surface area contributed by atoms with Crippen molar-refractivity contribution in [2.24, 2.45) is 0 Å². The molecule has 0 fully saturated rings. The zero-order valence-electron chi connectivity index (χ0n) is 9.76. The molecule has 88 valence electrons. The van der Waals surface area contributed by atoms with Crippen LogP contribution >= 0.6 is 0 Å². The van der Waals surface area contributed by atoms with Gasteiger partial charge in [0.2, 0.25) is 0 Å². The van der Waals surface area contributed by atoms with Crippen LogP contribution in [0.1, 0.15) is 12.6 Å². The minimum Gasteiger partial charge on any atom is -0.492 e. The van der Waals surface area contributed by atoms with Gasteiger partial charge in [-0.05, 0) is 19.1 Å². The first-order valence-electron chi connectivity index (χ1n) is 5.60. The predicted molar refractivity (Wildman–Crippen MR) is 67.0 cm³/mol. The molecule has 0 spiro atoms. The molecule has 2 rings (SSSR count). The minimum atomic E-state index is 0.637. The Hall–Kier alpha value is -2.10. The van der Waals surface area contributed by atoms with Crippen LogP contribution in [0.3, 0.4) is 0 Å². The largest absolute Gasteiger partial charge is 0.492 e. The summed E-state index contributed by atoms with van der Waals surface area (Å²) in [4.78, 5) is 8.23. The Morgan fingerprint density at radius 2 is 2.12 bits per heavy atom. The summed E-state index contributed by atoms with van der Waals surface area (Å²) in [5, 5.41) is 3.29. The van der Waals surface area contributed by atoms with Gasteiger partial charge >= 0.3 is 0 Å². The molecule has 4 heteroatoms. The molecule has 1 heterocycles. The van der Waals surface area contributed by atoms with Crippen molar-refractivity contribution in [3.05, 3.63) is 48.5 Å². The first kappa shape index (κ1) is 11.4. The molecule has 0 bridgehead atoms. The summed E-state index contributed by atoms with van der Waals surface area (Å²) in [6.45, 7) is 3.27. The summed E-state index contributed by atoms with van der Waals surface area (Å²) in [5.41, 5.74) is 1.87. The number of nitrogens with zero attached hydrogens (tertiary/aromatic N) is 2. The van der Waals surface area contributed by atoms with E-state index in [4.69, 9.17) is 4.74 Å². The maximum absolute atomic E-state index is 5.53. The molecule has 0 saturated heterocycles. The average Bonchev–Trinajstić information content (AvgIpc) is 2.39. The normalized spacial score (nSPS) is 9.94. The molecule has 0 radical (unpaired) electrons. The first-order valence-corrected chi connectivity index (χ1v) is 5.60. The highest BCUT2D eigenvalue weighted by molar-refractivity contribution is 5.56. The van der Waals surface area contributed by atoms with Crippen molar-refractivity contribution in [2.45, 2.75) is 13.5 Å². The topological polar surface area (TPSA) is 47.0 Å². The molecule has 0 unspecified atom stereocenters. The second kappa shape index (κ2) is 5.84. The molecule has 0 aliphatic rings. The average molecular weight is 229 g/mol. The second-order valence-corrected chi connectivity index (χ2v) is 3.48. The van der Waals surface area contributed by atoms with Crippen molar-refractivity contribution >= 4 is 5.69 Å². The molecular weight excluding hydrogens is 214 g/mol. The van der Waals surface area contributed by atoms with Crippen molar-refractivity contribution in [3.8, 4) is 5.75 Å². The number of benzene rings is 1. The first-order chi connectivity index (χ1) is 8.40. The summed E-state index contributed by atoms with van der Waals surface area (Å²) >= 11 is 0. The van der Waals surface area contributed by atoms with Gasteiger partial charge in [-0.25, -0.2) is 0 Å². The highest BCUT2D eigenvalue weighted by atomic mass is 16.5. The molecular formula is C13H15N3O. The molecule has 1 aromatic carbocycles. The quantitative estimate of drug-likeness (QED) is 0.855. The van der Waals surface area contributed by atoms with Gasteiger partial charge in [-0.3, -0.25) is 9.97 Å². The van der Waals surface area contributed by atoms with Crippen molar-refractivity contribution in [2.75, 3.05) is 11.9 Å². The van der Waals surface area contributed by atoms with E-state index in [1.165, 1.54) is 0 Å². The molecule has 0 aliphatic carbocycles. The molecule has 4 nitrogen and oxygen atoms in total. The number of ether oxygens (including phenoxy) is 1. The molecule has 0 amide bonds. The molecule has 0 saturated carbocycles. The lowest BCUT2D eigenvalue weighted by Crippen LogP contribution is -2.04. The zero-order valence-corrected chi connectivity index (χ0v) is 9.76. The van der Waals surface area contributed by atoms with Gasteiger partial charge in [0.25, 0.3) is 0 Å². The summed E-state index contributed by atoms with van der Waals surface area (Å²) in [6.07, 6.45) is 5.10. The van der Waals surface area contributed by atoms with Crippen molar-refractivity contribution in [3.63, 3.8) is 0 Å². The number of anilines is 1. The Balaban J connectivity index is 2.03. The van der Waals surface area contributed by atoms with Crippen LogP contribution in [0, 0.1) is 0 Å². The van der Waals surface area contributed by atoms with Crippen LogP contribution in [-0.2, 0) is 6.54 Å². The Labute approximate surface area is 101 Å². The van der Waals surface area contributed by atoms with Gasteiger partial charge in [0.15, 0.2) is 0 Å². The fourth-order valence-corrected chi connectivity index (χ4v) is 1.50. The van der Waals surface area contributed by atoms with Crippen LogP contribution in [-0.4, -0.2) is 16.6 Å². The van der Waals surface area contributed by atoms with Gasteiger partial charge in [0.1, 0.15) is 5.75 Å². The summed E-state index contributed by atoms with van der Waals surface area (Å²) in [7, 11) is 0. The van der Waals surface area contributed by atoms with E-state index < -0.39 is 0 Å². The highest BCUT2D eigenvalue weighted by Crippen LogP contribution is 2.23. The molecule has 17 heavy (non-hydrogen) atoms. The standard InChI is InChI=1S/C13H15N3O/c1-2-17-13-6-4-3-5-12(13)16-10-11-9-14-7-8-15-11/h3-9,16H,2,10H2,1H3. The van der Waals surface area contributed by atoms with Crippen LogP contribution in [0.2, 0.25) is 0 Å². The van der Waals surface area contributed by atoms with E-state index in [1.54, 1.807) is 18.6 Å². The lowest BCUT2D eigenvalue weighted by Gasteiger charge is -2.11. The van der Waals surface area contributed by atoms with E-state index in [1.807, 2.05) is 31.2 Å². The maximum atomic E-state index is 5.53.